The van der Waals surface area contributed by atoms with Crippen molar-refractivity contribution in [3.05, 3.63) is 0 Å². The number of aliphatic hydroxyl groups is 1. The first-order valence-corrected chi connectivity index (χ1v) is 9.93. The van der Waals surface area contributed by atoms with E-state index < -0.39 is 5.60 Å². The number of piperazine rings is 1. The summed E-state index contributed by atoms with van der Waals surface area (Å²) in [7, 11) is 1.76. The molecule has 7 nitrogen and oxygen atoms in total. The van der Waals surface area contributed by atoms with Gasteiger partial charge in [-0.2, -0.15) is 11.8 Å². The molecule has 3 saturated heterocycles. The lowest BCUT2D eigenvalue weighted by atomic mass is 10.0. The quantitative estimate of drug-likeness (QED) is 0.537. The van der Waals surface area contributed by atoms with Gasteiger partial charge in [-0.15, -0.1) is 0 Å². The van der Waals surface area contributed by atoms with Crippen LogP contribution < -0.4 is 5.32 Å². The highest BCUT2D eigenvalue weighted by atomic mass is 32.2. The number of aliphatic imine (C=N–C) groups is 1. The summed E-state index contributed by atoms with van der Waals surface area (Å²) in [4.78, 5) is 20.8. The number of rotatable bonds is 3. The third-order valence-corrected chi connectivity index (χ3v) is 6.20. The molecule has 0 radical (unpaired) electrons. The summed E-state index contributed by atoms with van der Waals surface area (Å²) in [6.45, 7) is 4.13. The van der Waals surface area contributed by atoms with Gasteiger partial charge in [-0.3, -0.25) is 9.79 Å². The normalized spacial score (nSPS) is 31.6. The number of carbonyl (C=O) groups excluding carboxylic acids is 1. The van der Waals surface area contributed by atoms with Crippen LogP contribution in [0.3, 0.4) is 0 Å². The van der Waals surface area contributed by atoms with Crippen LogP contribution in [0.2, 0.25) is 0 Å². The minimum absolute atomic E-state index is 0.132. The van der Waals surface area contributed by atoms with E-state index in [4.69, 9.17) is 4.74 Å². The van der Waals surface area contributed by atoms with E-state index in [1.54, 1.807) is 18.8 Å². The molecule has 3 rings (SSSR count). The lowest BCUT2D eigenvalue weighted by Gasteiger charge is -2.38. The second-order valence-corrected chi connectivity index (χ2v) is 7.85. The number of nitrogens with zero attached hydrogens (tertiary/aromatic N) is 3. The Bertz CT molecular complexity index is 468. The van der Waals surface area contributed by atoms with Gasteiger partial charge in [0.05, 0.1) is 5.60 Å². The summed E-state index contributed by atoms with van der Waals surface area (Å²) in [6.07, 6.45) is 2.42. The fraction of sp³-hybridized carbons (Fsp3) is 0.875. The fourth-order valence-electron chi connectivity index (χ4n) is 3.43. The zero-order valence-electron chi connectivity index (χ0n) is 14.4. The van der Waals surface area contributed by atoms with Crippen molar-refractivity contribution in [1.82, 2.24) is 15.1 Å². The Morgan fingerprint density at radius 1 is 1.38 bits per heavy atom. The van der Waals surface area contributed by atoms with Gasteiger partial charge in [-0.05, 0) is 25.0 Å². The average molecular weight is 356 g/mol. The van der Waals surface area contributed by atoms with Crippen molar-refractivity contribution in [3.8, 4) is 0 Å². The highest BCUT2D eigenvalue weighted by molar-refractivity contribution is 7.99. The van der Waals surface area contributed by atoms with Gasteiger partial charge in [0.2, 0.25) is 0 Å². The molecule has 2 unspecified atom stereocenters. The van der Waals surface area contributed by atoms with Gasteiger partial charge < -0.3 is 25.0 Å². The zero-order valence-corrected chi connectivity index (χ0v) is 15.2. The lowest BCUT2D eigenvalue weighted by Crippen LogP contribution is -2.56. The van der Waals surface area contributed by atoms with Gasteiger partial charge in [0.25, 0.3) is 5.91 Å². The maximum atomic E-state index is 12.4. The smallest absolute Gasteiger partial charge is 0.251 e. The van der Waals surface area contributed by atoms with Crippen LogP contribution in [-0.2, 0) is 9.53 Å². The summed E-state index contributed by atoms with van der Waals surface area (Å²) in [5, 5.41) is 13.8. The molecule has 0 aliphatic carbocycles. The second-order valence-electron chi connectivity index (χ2n) is 6.74. The molecule has 3 aliphatic rings. The molecule has 3 aliphatic heterocycles. The number of hydrogen-bond acceptors (Lipinski definition) is 5. The first kappa shape index (κ1) is 17.8. The van der Waals surface area contributed by atoms with E-state index in [0.717, 1.165) is 49.8 Å². The monoisotopic (exact) mass is 356 g/mol. The van der Waals surface area contributed by atoms with Crippen molar-refractivity contribution < 1.29 is 14.6 Å². The predicted molar refractivity (Wildman–Crippen MR) is 95.4 cm³/mol. The van der Waals surface area contributed by atoms with Gasteiger partial charge >= 0.3 is 0 Å². The predicted octanol–water partition coefficient (Wildman–Crippen LogP) is -0.247. The minimum Gasteiger partial charge on any atom is -0.387 e. The summed E-state index contributed by atoms with van der Waals surface area (Å²) in [5.41, 5.74) is -0.627. The molecule has 0 bridgehead atoms. The van der Waals surface area contributed by atoms with E-state index in [-0.39, 0.29) is 12.0 Å². The number of guanidine groups is 1. The molecule has 2 atom stereocenters. The van der Waals surface area contributed by atoms with Crippen molar-refractivity contribution in [2.75, 3.05) is 57.9 Å². The lowest BCUT2D eigenvalue weighted by molar-refractivity contribution is -0.142. The maximum absolute atomic E-state index is 12.4. The molecule has 0 aromatic rings. The van der Waals surface area contributed by atoms with Crippen LogP contribution in [0.25, 0.3) is 0 Å². The number of amides is 1. The molecule has 24 heavy (non-hydrogen) atoms. The van der Waals surface area contributed by atoms with E-state index >= 15 is 0 Å². The van der Waals surface area contributed by atoms with Crippen LogP contribution in [0.5, 0.6) is 0 Å². The van der Waals surface area contributed by atoms with Gasteiger partial charge in [-0.25, -0.2) is 0 Å². The first-order valence-electron chi connectivity index (χ1n) is 8.77. The highest BCUT2D eigenvalue weighted by Gasteiger charge is 2.33. The molecule has 2 N–H and O–H groups in total. The number of thioether (sulfide) groups is 1. The third-order valence-electron chi connectivity index (χ3n) is 4.97. The zero-order chi connectivity index (χ0) is 17.0. The molecule has 1 amide bonds. The van der Waals surface area contributed by atoms with Crippen LogP contribution in [0.15, 0.2) is 4.99 Å². The van der Waals surface area contributed by atoms with Crippen molar-refractivity contribution >= 4 is 23.6 Å². The Morgan fingerprint density at radius 2 is 2.12 bits per heavy atom. The van der Waals surface area contributed by atoms with Crippen molar-refractivity contribution in [2.45, 2.75) is 31.0 Å². The Hall–Kier alpha value is -0.990. The van der Waals surface area contributed by atoms with E-state index in [9.17, 15) is 9.90 Å². The SMILES string of the molecule is CN=C(NCC1(O)CCSC1)N1CCN(C(=O)C2CCCO2)CC1. The Labute approximate surface area is 147 Å². The van der Waals surface area contributed by atoms with Crippen LogP contribution in [0, 0.1) is 0 Å². The van der Waals surface area contributed by atoms with Gasteiger partial charge in [-0.1, -0.05) is 0 Å². The molecule has 136 valence electrons. The number of carbonyl (C=O) groups is 1. The van der Waals surface area contributed by atoms with E-state index in [0.29, 0.717) is 26.2 Å². The maximum Gasteiger partial charge on any atom is 0.251 e. The summed E-state index contributed by atoms with van der Waals surface area (Å²) < 4.78 is 5.50. The van der Waals surface area contributed by atoms with Crippen molar-refractivity contribution in [3.63, 3.8) is 0 Å². The van der Waals surface area contributed by atoms with Crippen LogP contribution >= 0.6 is 11.8 Å². The molecule has 0 aromatic heterocycles. The fourth-order valence-corrected chi connectivity index (χ4v) is 4.72. The molecular weight excluding hydrogens is 328 g/mol. The highest BCUT2D eigenvalue weighted by Crippen LogP contribution is 2.27. The van der Waals surface area contributed by atoms with Crippen molar-refractivity contribution in [2.24, 2.45) is 4.99 Å². The largest absolute Gasteiger partial charge is 0.387 e. The van der Waals surface area contributed by atoms with Crippen LogP contribution in [0.1, 0.15) is 19.3 Å². The van der Waals surface area contributed by atoms with Gasteiger partial charge in [0.1, 0.15) is 6.10 Å². The van der Waals surface area contributed by atoms with E-state index in [2.05, 4.69) is 15.2 Å². The number of hydrogen-bond donors (Lipinski definition) is 2. The molecule has 8 heteroatoms. The third kappa shape index (κ3) is 4.15. The standard InChI is InChI=1S/C16H28N4O3S/c1-17-15(18-11-16(22)4-10-24-12-16)20-7-5-19(6-8-20)14(21)13-3-2-9-23-13/h13,22H,2-12H2,1H3,(H,17,18). The summed E-state index contributed by atoms with van der Waals surface area (Å²) >= 11 is 1.79. The number of ether oxygens (including phenoxy) is 1. The molecule has 3 fully saturated rings. The molecule has 0 aromatic carbocycles. The molecule has 0 saturated carbocycles. The molecule has 3 heterocycles. The summed E-state index contributed by atoms with van der Waals surface area (Å²) in [6, 6.07) is 0. The minimum atomic E-state index is -0.627. The Kier molecular flexibility index (Phi) is 5.89. The van der Waals surface area contributed by atoms with Crippen LogP contribution in [0.4, 0.5) is 0 Å². The van der Waals surface area contributed by atoms with Crippen LogP contribution in [-0.4, -0.2) is 96.4 Å². The van der Waals surface area contributed by atoms with E-state index in [1.807, 2.05) is 4.90 Å². The van der Waals surface area contributed by atoms with E-state index in [1.165, 1.54) is 0 Å². The topological polar surface area (TPSA) is 77.4 Å². The number of nitrogens with one attached hydrogen (secondary N) is 1. The van der Waals surface area contributed by atoms with Crippen molar-refractivity contribution in [1.29, 1.82) is 0 Å². The molecular formula is C16H28N4O3S. The Morgan fingerprint density at radius 3 is 2.71 bits per heavy atom. The second kappa shape index (κ2) is 7.93. The summed E-state index contributed by atoms with van der Waals surface area (Å²) in [5.74, 6) is 2.73. The molecule has 0 spiro atoms. The van der Waals surface area contributed by atoms with Gasteiger partial charge in [0.15, 0.2) is 5.96 Å². The Balaban J connectivity index is 1.46. The average Bonchev–Trinajstić information content (AvgIpc) is 3.27. The first-order chi connectivity index (χ1) is 11.6. The van der Waals surface area contributed by atoms with Gasteiger partial charge in [0, 0.05) is 52.1 Å².